The first-order chi connectivity index (χ1) is 15.4. The van der Waals surface area contributed by atoms with E-state index in [1.54, 1.807) is 25.1 Å². The van der Waals surface area contributed by atoms with Crippen molar-refractivity contribution in [3.63, 3.8) is 0 Å². The van der Waals surface area contributed by atoms with Gasteiger partial charge in [0.05, 0.1) is 11.4 Å². The Balaban J connectivity index is 1.71. The minimum Gasteiger partial charge on any atom is -0.465 e. The summed E-state index contributed by atoms with van der Waals surface area (Å²) >= 11 is 6.52. The summed E-state index contributed by atoms with van der Waals surface area (Å²) in [5, 5.41) is 9.57. The summed E-state index contributed by atoms with van der Waals surface area (Å²) in [5.41, 5.74) is 0.657. The van der Waals surface area contributed by atoms with E-state index in [1.165, 1.54) is 18.2 Å². The van der Waals surface area contributed by atoms with Crippen LogP contribution in [0.2, 0.25) is 5.02 Å². The molecule has 1 spiro atoms. The number of carboxylic acid groups (broad SMARTS) is 1. The largest absolute Gasteiger partial charge is 0.465 e. The van der Waals surface area contributed by atoms with Crippen LogP contribution >= 0.6 is 11.6 Å². The van der Waals surface area contributed by atoms with Crippen LogP contribution in [-0.4, -0.2) is 61.2 Å². The van der Waals surface area contributed by atoms with Crippen LogP contribution in [0.25, 0.3) is 11.1 Å². The van der Waals surface area contributed by atoms with Crippen molar-refractivity contribution in [1.29, 1.82) is 0 Å². The third kappa shape index (κ3) is 4.11. The van der Waals surface area contributed by atoms with Crippen LogP contribution in [0.15, 0.2) is 41.3 Å². The lowest BCUT2D eigenvalue weighted by molar-refractivity contribution is -0.156. The highest BCUT2D eigenvalue weighted by atomic mass is 35.5. The Morgan fingerprint density at radius 1 is 1.24 bits per heavy atom. The van der Waals surface area contributed by atoms with Crippen molar-refractivity contribution >= 4 is 39.3 Å². The minimum absolute atomic E-state index is 0.148. The number of esters is 1. The van der Waals surface area contributed by atoms with Crippen molar-refractivity contribution in [1.82, 2.24) is 4.90 Å². The predicted molar refractivity (Wildman–Crippen MR) is 120 cm³/mol. The van der Waals surface area contributed by atoms with Gasteiger partial charge in [-0.2, -0.15) is 0 Å². The molecule has 2 aliphatic rings. The van der Waals surface area contributed by atoms with E-state index in [2.05, 4.69) is 0 Å². The molecule has 0 aromatic heterocycles. The Morgan fingerprint density at radius 2 is 1.97 bits per heavy atom. The summed E-state index contributed by atoms with van der Waals surface area (Å²) in [4.78, 5) is 38.8. The van der Waals surface area contributed by atoms with Crippen molar-refractivity contribution in [3.05, 3.63) is 52.5 Å². The van der Waals surface area contributed by atoms with Crippen LogP contribution in [0, 0.1) is 6.92 Å². The van der Waals surface area contributed by atoms with Crippen LogP contribution in [0.1, 0.15) is 29.9 Å². The highest BCUT2D eigenvalue weighted by Gasteiger charge is 2.58. The summed E-state index contributed by atoms with van der Waals surface area (Å²) in [6.07, 6.45) is 0.627. The molecule has 0 saturated carbocycles. The molecule has 8 nitrogen and oxygen atoms in total. The number of aryl methyl sites for hydroxylation is 1. The molecular formula is C23H22ClNO7S. The minimum atomic E-state index is -3.41. The number of likely N-dealkylation sites (tertiary alicyclic amines) is 1. The average molecular weight is 492 g/mol. The zero-order chi connectivity index (χ0) is 24.1. The van der Waals surface area contributed by atoms with Crippen LogP contribution in [-0.2, 0) is 24.2 Å². The van der Waals surface area contributed by atoms with E-state index in [9.17, 15) is 27.9 Å². The molecular weight excluding hydrogens is 470 g/mol. The van der Waals surface area contributed by atoms with Crippen molar-refractivity contribution in [2.75, 3.05) is 19.3 Å². The van der Waals surface area contributed by atoms with Gasteiger partial charge < -0.3 is 14.7 Å². The molecule has 2 aromatic carbocycles. The molecule has 2 unspecified atom stereocenters. The predicted octanol–water partition coefficient (Wildman–Crippen LogP) is 3.44. The molecule has 2 aliphatic heterocycles. The number of carbonyl (C=O) groups excluding carboxylic acids is 2. The molecule has 1 amide bonds. The first-order valence-corrected chi connectivity index (χ1v) is 12.6. The number of hydrogen-bond acceptors (Lipinski definition) is 6. The monoisotopic (exact) mass is 491 g/mol. The number of piperidine rings is 1. The SMILES string of the molecule is Cc1cc(-c2cccc(S(C)(=O)=O)c2)c(Cl)cc1C1C(=O)OC2(CCCN(C(=O)O)C2)C1=O. The van der Waals surface area contributed by atoms with Crippen LogP contribution in [0.3, 0.4) is 0 Å². The van der Waals surface area contributed by atoms with Gasteiger partial charge in [0.25, 0.3) is 0 Å². The Kier molecular flexibility index (Phi) is 5.74. The first-order valence-electron chi connectivity index (χ1n) is 10.3. The van der Waals surface area contributed by atoms with Crippen LogP contribution in [0.5, 0.6) is 0 Å². The molecule has 2 saturated heterocycles. The maximum atomic E-state index is 13.4. The Bertz CT molecular complexity index is 1290. The second-order valence-electron chi connectivity index (χ2n) is 8.51. The second kappa shape index (κ2) is 8.14. The summed E-state index contributed by atoms with van der Waals surface area (Å²) in [6.45, 7) is 1.82. The lowest BCUT2D eigenvalue weighted by Gasteiger charge is -2.36. The van der Waals surface area contributed by atoms with E-state index in [1.807, 2.05) is 0 Å². The Morgan fingerprint density at radius 3 is 2.64 bits per heavy atom. The number of ketones is 1. The smallest absolute Gasteiger partial charge is 0.407 e. The molecule has 33 heavy (non-hydrogen) atoms. The van der Waals surface area contributed by atoms with E-state index < -0.39 is 39.2 Å². The lowest BCUT2D eigenvalue weighted by Crippen LogP contribution is -2.53. The fourth-order valence-corrected chi connectivity index (χ4v) is 5.48. The highest BCUT2D eigenvalue weighted by molar-refractivity contribution is 7.90. The average Bonchev–Trinajstić information content (AvgIpc) is 2.98. The molecule has 1 N–H and O–H groups in total. The van der Waals surface area contributed by atoms with Gasteiger partial charge in [0.2, 0.25) is 0 Å². The molecule has 10 heteroatoms. The second-order valence-corrected chi connectivity index (χ2v) is 10.9. The number of amides is 1. The third-order valence-electron chi connectivity index (χ3n) is 6.21. The molecule has 2 heterocycles. The van der Waals surface area contributed by atoms with Gasteiger partial charge in [-0.15, -0.1) is 0 Å². The van der Waals surface area contributed by atoms with Crippen molar-refractivity contribution in [2.45, 2.75) is 36.2 Å². The summed E-state index contributed by atoms with van der Waals surface area (Å²) in [6, 6.07) is 9.58. The molecule has 0 radical (unpaired) electrons. The van der Waals surface area contributed by atoms with Gasteiger partial charge in [0.1, 0.15) is 5.92 Å². The number of benzene rings is 2. The number of nitrogens with zero attached hydrogens (tertiary/aromatic N) is 1. The van der Waals surface area contributed by atoms with E-state index in [0.29, 0.717) is 28.7 Å². The maximum Gasteiger partial charge on any atom is 0.407 e. The normalized spacial score (nSPS) is 23.1. The van der Waals surface area contributed by atoms with E-state index in [4.69, 9.17) is 16.3 Å². The molecule has 2 fully saturated rings. The summed E-state index contributed by atoms with van der Waals surface area (Å²) in [7, 11) is -3.41. The number of Topliss-reactive ketones (excluding diaryl/α,β-unsaturated/α-hetero) is 1. The van der Waals surface area contributed by atoms with Gasteiger partial charge in [-0.3, -0.25) is 9.59 Å². The van der Waals surface area contributed by atoms with Crippen molar-refractivity contribution < 1.29 is 32.6 Å². The topological polar surface area (TPSA) is 118 Å². The third-order valence-corrected chi connectivity index (χ3v) is 7.63. The Hall–Kier alpha value is -2.91. The van der Waals surface area contributed by atoms with Crippen molar-refractivity contribution in [3.8, 4) is 11.1 Å². The zero-order valence-electron chi connectivity index (χ0n) is 18.0. The highest BCUT2D eigenvalue weighted by Crippen LogP contribution is 2.42. The number of hydrogen-bond donors (Lipinski definition) is 1. The molecule has 0 bridgehead atoms. The number of carbonyl (C=O) groups is 3. The summed E-state index contributed by atoms with van der Waals surface area (Å²) < 4.78 is 29.3. The molecule has 2 aromatic rings. The van der Waals surface area contributed by atoms with E-state index in [-0.39, 0.29) is 29.4 Å². The van der Waals surface area contributed by atoms with Gasteiger partial charge in [-0.05, 0) is 60.7 Å². The number of rotatable bonds is 3. The zero-order valence-corrected chi connectivity index (χ0v) is 19.6. The number of halogens is 1. The van der Waals surface area contributed by atoms with E-state index >= 15 is 0 Å². The molecule has 4 rings (SSSR count). The van der Waals surface area contributed by atoms with Crippen LogP contribution in [0.4, 0.5) is 4.79 Å². The first kappa shape index (κ1) is 23.3. The van der Waals surface area contributed by atoms with Gasteiger partial charge >= 0.3 is 12.1 Å². The van der Waals surface area contributed by atoms with Gasteiger partial charge in [-0.25, -0.2) is 13.2 Å². The lowest BCUT2D eigenvalue weighted by atomic mass is 9.81. The summed E-state index contributed by atoms with van der Waals surface area (Å²) in [5.74, 6) is -2.39. The quantitative estimate of drug-likeness (QED) is 0.516. The van der Waals surface area contributed by atoms with Gasteiger partial charge in [-0.1, -0.05) is 23.7 Å². The fraction of sp³-hybridized carbons (Fsp3) is 0.348. The van der Waals surface area contributed by atoms with E-state index in [0.717, 1.165) is 11.2 Å². The maximum absolute atomic E-state index is 13.4. The molecule has 174 valence electrons. The van der Waals surface area contributed by atoms with Gasteiger partial charge in [0, 0.05) is 23.4 Å². The number of ether oxygens (including phenoxy) is 1. The van der Waals surface area contributed by atoms with Crippen molar-refractivity contribution in [2.24, 2.45) is 0 Å². The number of sulfone groups is 1. The van der Waals surface area contributed by atoms with Gasteiger partial charge in [0.15, 0.2) is 21.2 Å². The fourth-order valence-electron chi connectivity index (χ4n) is 4.53. The molecule has 2 atom stereocenters. The standard InChI is InChI=1S/C23H22ClNO7S/c1-13-9-17(14-5-3-6-15(10-14)33(2,30)31)18(24)11-16(13)19-20(26)23(32-21(19)27)7-4-8-25(12-23)22(28)29/h3,5-6,9-11,19H,4,7-8,12H2,1-2H3,(H,28,29). The van der Waals surface area contributed by atoms with Crippen LogP contribution < -0.4 is 0 Å². The Labute approximate surface area is 196 Å². The molecule has 0 aliphatic carbocycles.